The molecule has 0 unspecified atom stereocenters. The van der Waals surface area contributed by atoms with E-state index < -0.39 is 0 Å². The topological polar surface area (TPSA) is 87.9 Å². The highest BCUT2D eigenvalue weighted by Crippen LogP contribution is 2.12. The molecule has 0 radical (unpaired) electrons. The van der Waals surface area contributed by atoms with Crippen LogP contribution in [0.3, 0.4) is 0 Å². The zero-order chi connectivity index (χ0) is 21.4. The maximum Gasteiger partial charge on any atom is 0.191 e. The second-order valence-corrected chi connectivity index (χ2v) is 6.40. The van der Waals surface area contributed by atoms with Crippen molar-refractivity contribution in [3.8, 4) is 17.6 Å². The van der Waals surface area contributed by atoms with E-state index >= 15 is 0 Å². The second-order valence-electron chi connectivity index (χ2n) is 6.40. The van der Waals surface area contributed by atoms with Crippen LogP contribution >= 0.6 is 0 Å². The molecule has 7 nitrogen and oxygen atoms in total. The van der Waals surface area contributed by atoms with Gasteiger partial charge in [-0.2, -0.15) is 5.26 Å². The van der Waals surface area contributed by atoms with E-state index in [9.17, 15) is 0 Å². The molecule has 0 aliphatic rings. The summed E-state index contributed by atoms with van der Waals surface area (Å²) >= 11 is 0. The summed E-state index contributed by atoms with van der Waals surface area (Å²) in [6, 6.07) is 17.0. The Kier molecular flexibility index (Phi) is 10.6. The third-order valence-electron chi connectivity index (χ3n) is 4.19. The predicted molar refractivity (Wildman–Crippen MR) is 118 cm³/mol. The van der Waals surface area contributed by atoms with Crippen LogP contribution in [0.4, 0.5) is 0 Å². The first-order chi connectivity index (χ1) is 14.7. The number of hydrogen-bond acceptors (Lipinski definition) is 5. The third kappa shape index (κ3) is 8.84. The average Bonchev–Trinajstić information content (AvgIpc) is 2.80. The number of ether oxygens (including phenoxy) is 3. The van der Waals surface area contributed by atoms with Crippen molar-refractivity contribution in [3.05, 3.63) is 59.7 Å². The lowest BCUT2D eigenvalue weighted by atomic mass is 10.2. The Morgan fingerprint density at radius 2 is 1.67 bits per heavy atom. The summed E-state index contributed by atoms with van der Waals surface area (Å²) in [5.74, 6) is 2.29. The molecule has 0 saturated heterocycles. The molecule has 0 heterocycles. The summed E-state index contributed by atoms with van der Waals surface area (Å²) < 4.78 is 16.3. The summed E-state index contributed by atoms with van der Waals surface area (Å²) in [6.45, 7) is 5.84. The van der Waals surface area contributed by atoms with Crippen molar-refractivity contribution in [2.75, 3.05) is 40.0 Å². The molecule has 2 aromatic rings. The quantitative estimate of drug-likeness (QED) is 0.318. The van der Waals surface area contributed by atoms with Gasteiger partial charge in [0.1, 0.15) is 18.1 Å². The van der Waals surface area contributed by atoms with Gasteiger partial charge in [0.25, 0.3) is 0 Å². The minimum atomic E-state index is 0.480. The van der Waals surface area contributed by atoms with Gasteiger partial charge >= 0.3 is 0 Å². The van der Waals surface area contributed by atoms with Gasteiger partial charge in [-0.3, -0.25) is 0 Å². The van der Waals surface area contributed by atoms with Crippen LogP contribution in [0.25, 0.3) is 0 Å². The van der Waals surface area contributed by atoms with E-state index in [2.05, 4.69) is 21.7 Å². The van der Waals surface area contributed by atoms with Crippen LogP contribution in [0.1, 0.15) is 24.5 Å². The smallest absolute Gasteiger partial charge is 0.191 e. The van der Waals surface area contributed by atoms with Crippen molar-refractivity contribution in [3.63, 3.8) is 0 Å². The summed E-state index contributed by atoms with van der Waals surface area (Å²) in [6.07, 6.45) is 0.902. The lowest BCUT2D eigenvalue weighted by Gasteiger charge is -2.13. The summed E-state index contributed by atoms with van der Waals surface area (Å²) in [7, 11) is 1.65. The molecule has 0 aliphatic carbocycles. The molecular formula is C23H30N4O3. The van der Waals surface area contributed by atoms with Crippen LogP contribution in [-0.4, -0.2) is 46.0 Å². The minimum absolute atomic E-state index is 0.480. The average molecular weight is 411 g/mol. The second kappa shape index (κ2) is 13.9. The van der Waals surface area contributed by atoms with Gasteiger partial charge in [-0.1, -0.05) is 12.1 Å². The zero-order valence-corrected chi connectivity index (χ0v) is 17.7. The van der Waals surface area contributed by atoms with Gasteiger partial charge in [0.15, 0.2) is 5.96 Å². The Bertz CT molecular complexity index is 799. The van der Waals surface area contributed by atoms with Gasteiger partial charge in [0.05, 0.1) is 31.8 Å². The Morgan fingerprint density at radius 3 is 2.33 bits per heavy atom. The molecule has 0 bridgehead atoms. The number of methoxy groups -OCH3 is 1. The molecule has 30 heavy (non-hydrogen) atoms. The highest BCUT2D eigenvalue weighted by Gasteiger charge is 2.01. The lowest BCUT2D eigenvalue weighted by molar-refractivity contribution is 0.145. The Hall–Kier alpha value is -3.24. The van der Waals surface area contributed by atoms with Crippen molar-refractivity contribution < 1.29 is 14.2 Å². The van der Waals surface area contributed by atoms with Crippen molar-refractivity contribution in [1.82, 2.24) is 10.6 Å². The SMILES string of the molecule is CCOCCCNC(=NCc1ccc(OC)cc1)NCCOc1ccc(C#N)cc1. The normalized spacial score (nSPS) is 10.9. The van der Waals surface area contributed by atoms with Crippen LogP contribution in [0.15, 0.2) is 53.5 Å². The van der Waals surface area contributed by atoms with Gasteiger partial charge in [-0.05, 0) is 55.3 Å². The van der Waals surface area contributed by atoms with Crippen LogP contribution < -0.4 is 20.1 Å². The van der Waals surface area contributed by atoms with Crippen molar-refractivity contribution in [2.45, 2.75) is 19.9 Å². The fourth-order valence-corrected chi connectivity index (χ4v) is 2.56. The molecule has 0 spiro atoms. The Labute approximate surface area is 178 Å². The number of hydrogen-bond donors (Lipinski definition) is 2. The zero-order valence-electron chi connectivity index (χ0n) is 17.7. The molecule has 0 aromatic heterocycles. The van der Waals surface area contributed by atoms with E-state index in [1.54, 1.807) is 31.4 Å². The summed E-state index contributed by atoms with van der Waals surface area (Å²) in [4.78, 5) is 4.66. The van der Waals surface area contributed by atoms with Crippen LogP contribution in [0.5, 0.6) is 11.5 Å². The van der Waals surface area contributed by atoms with Gasteiger partial charge in [-0.15, -0.1) is 0 Å². The third-order valence-corrected chi connectivity index (χ3v) is 4.19. The molecule has 0 saturated carbocycles. The molecular weight excluding hydrogens is 380 g/mol. The minimum Gasteiger partial charge on any atom is -0.497 e. The number of benzene rings is 2. The van der Waals surface area contributed by atoms with Crippen LogP contribution in [0.2, 0.25) is 0 Å². The van der Waals surface area contributed by atoms with E-state index in [-0.39, 0.29) is 0 Å². The molecule has 2 rings (SSSR count). The number of nitrogens with one attached hydrogen (secondary N) is 2. The monoisotopic (exact) mass is 410 g/mol. The summed E-state index contributed by atoms with van der Waals surface area (Å²) in [5.41, 5.74) is 1.71. The van der Waals surface area contributed by atoms with Gasteiger partial charge in [0.2, 0.25) is 0 Å². The first-order valence-corrected chi connectivity index (χ1v) is 10.1. The Morgan fingerprint density at radius 1 is 0.967 bits per heavy atom. The number of guanidine groups is 1. The number of nitriles is 1. The standard InChI is InChI=1S/C23H30N4O3/c1-3-29-15-4-13-25-23(27-18-20-7-9-21(28-2)10-8-20)26-14-16-30-22-11-5-19(17-24)6-12-22/h5-12H,3-4,13-16,18H2,1-2H3,(H2,25,26,27). The molecule has 0 fully saturated rings. The van der Waals surface area contributed by atoms with Gasteiger partial charge in [0, 0.05) is 19.8 Å². The van der Waals surface area contributed by atoms with Crippen LogP contribution in [-0.2, 0) is 11.3 Å². The van der Waals surface area contributed by atoms with Crippen LogP contribution in [0, 0.1) is 11.3 Å². The molecule has 0 aliphatic heterocycles. The molecule has 0 amide bonds. The van der Waals surface area contributed by atoms with E-state index in [1.807, 2.05) is 31.2 Å². The van der Waals surface area contributed by atoms with Crippen molar-refractivity contribution in [1.29, 1.82) is 5.26 Å². The van der Waals surface area contributed by atoms with Gasteiger partial charge in [-0.25, -0.2) is 4.99 Å². The molecule has 2 N–H and O–H groups in total. The van der Waals surface area contributed by atoms with E-state index in [4.69, 9.17) is 19.5 Å². The largest absolute Gasteiger partial charge is 0.497 e. The van der Waals surface area contributed by atoms with Crippen molar-refractivity contribution >= 4 is 5.96 Å². The molecule has 7 heteroatoms. The summed E-state index contributed by atoms with van der Waals surface area (Å²) in [5, 5.41) is 15.5. The Balaban J connectivity index is 1.83. The van der Waals surface area contributed by atoms with Gasteiger partial charge < -0.3 is 24.8 Å². The molecule has 0 atom stereocenters. The number of rotatable bonds is 12. The lowest BCUT2D eigenvalue weighted by Crippen LogP contribution is -2.40. The fraction of sp³-hybridized carbons (Fsp3) is 0.391. The van der Waals surface area contributed by atoms with E-state index in [0.29, 0.717) is 25.3 Å². The molecule has 160 valence electrons. The first kappa shape index (κ1) is 23.0. The van der Waals surface area contributed by atoms with E-state index in [1.165, 1.54) is 0 Å². The highest BCUT2D eigenvalue weighted by atomic mass is 16.5. The van der Waals surface area contributed by atoms with E-state index in [0.717, 1.165) is 49.2 Å². The fourth-order valence-electron chi connectivity index (χ4n) is 2.56. The number of nitrogens with zero attached hydrogens (tertiary/aromatic N) is 2. The maximum atomic E-state index is 8.85. The predicted octanol–water partition coefficient (Wildman–Crippen LogP) is 3.11. The van der Waals surface area contributed by atoms with Crippen molar-refractivity contribution in [2.24, 2.45) is 4.99 Å². The highest BCUT2D eigenvalue weighted by molar-refractivity contribution is 5.79. The molecule has 2 aromatic carbocycles. The maximum absolute atomic E-state index is 8.85. The first-order valence-electron chi connectivity index (χ1n) is 10.1. The number of aliphatic imine (C=N–C) groups is 1.